The van der Waals surface area contributed by atoms with E-state index in [2.05, 4.69) is 23.1 Å². The first kappa shape index (κ1) is 8.05. The maximum atomic E-state index is 4.20. The van der Waals surface area contributed by atoms with E-state index in [0.29, 0.717) is 0 Å². The van der Waals surface area contributed by atoms with Crippen LogP contribution in [0.3, 0.4) is 0 Å². The molecule has 0 saturated carbocycles. The summed E-state index contributed by atoms with van der Waals surface area (Å²) in [6, 6.07) is 0. The minimum atomic E-state index is 0.996. The Bertz CT molecular complexity index is 248. The summed E-state index contributed by atoms with van der Waals surface area (Å²) in [6.07, 6.45) is 4.82. The standard InChI is InChI=1S/C9H14N2/c1-4-5-6-11-7-10-8(2)9(11)3/h4,7H,1,5-6H2,2-3H3. The van der Waals surface area contributed by atoms with E-state index in [0.717, 1.165) is 18.7 Å². The van der Waals surface area contributed by atoms with Gasteiger partial charge >= 0.3 is 0 Å². The van der Waals surface area contributed by atoms with Gasteiger partial charge in [0.05, 0.1) is 12.0 Å². The van der Waals surface area contributed by atoms with Crippen molar-refractivity contribution in [2.75, 3.05) is 0 Å². The molecule has 0 unspecified atom stereocenters. The van der Waals surface area contributed by atoms with Crippen LogP contribution in [-0.4, -0.2) is 9.55 Å². The zero-order valence-corrected chi connectivity index (χ0v) is 7.17. The van der Waals surface area contributed by atoms with Crippen molar-refractivity contribution < 1.29 is 0 Å². The number of nitrogens with zero attached hydrogens (tertiary/aromatic N) is 2. The molecule has 0 aliphatic rings. The van der Waals surface area contributed by atoms with E-state index in [9.17, 15) is 0 Å². The van der Waals surface area contributed by atoms with Crippen LogP contribution in [0.1, 0.15) is 17.8 Å². The number of imidazole rings is 1. The van der Waals surface area contributed by atoms with Gasteiger partial charge in [-0.3, -0.25) is 0 Å². The Morgan fingerprint density at radius 3 is 2.82 bits per heavy atom. The van der Waals surface area contributed by atoms with Crippen molar-refractivity contribution >= 4 is 0 Å². The van der Waals surface area contributed by atoms with E-state index in [4.69, 9.17) is 0 Å². The van der Waals surface area contributed by atoms with Crippen LogP contribution in [0.5, 0.6) is 0 Å². The van der Waals surface area contributed by atoms with Gasteiger partial charge in [0, 0.05) is 12.2 Å². The summed E-state index contributed by atoms with van der Waals surface area (Å²) in [5.74, 6) is 0. The average Bonchev–Trinajstić information content (AvgIpc) is 2.31. The van der Waals surface area contributed by atoms with Crippen molar-refractivity contribution in [3.8, 4) is 0 Å². The molecule has 0 amide bonds. The second kappa shape index (κ2) is 3.37. The van der Waals surface area contributed by atoms with E-state index in [1.807, 2.05) is 19.3 Å². The number of aromatic nitrogens is 2. The van der Waals surface area contributed by atoms with Crippen LogP contribution >= 0.6 is 0 Å². The average molecular weight is 150 g/mol. The third-order valence-electron chi connectivity index (χ3n) is 1.92. The molecular weight excluding hydrogens is 136 g/mol. The van der Waals surface area contributed by atoms with Crippen molar-refractivity contribution in [3.63, 3.8) is 0 Å². The van der Waals surface area contributed by atoms with Crippen LogP contribution in [0.2, 0.25) is 0 Å². The maximum Gasteiger partial charge on any atom is 0.0951 e. The molecule has 0 radical (unpaired) electrons. The molecule has 1 aromatic rings. The zero-order chi connectivity index (χ0) is 8.27. The Kier molecular flexibility index (Phi) is 2.47. The molecule has 0 saturated heterocycles. The minimum absolute atomic E-state index is 0.996. The smallest absolute Gasteiger partial charge is 0.0951 e. The molecule has 0 atom stereocenters. The molecule has 0 bridgehead atoms. The predicted molar refractivity (Wildman–Crippen MR) is 46.5 cm³/mol. The van der Waals surface area contributed by atoms with Crippen molar-refractivity contribution in [2.24, 2.45) is 0 Å². The Morgan fingerprint density at radius 1 is 1.64 bits per heavy atom. The van der Waals surface area contributed by atoms with Crippen LogP contribution in [0.25, 0.3) is 0 Å². The molecule has 2 nitrogen and oxygen atoms in total. The molecule has 0 fully saturated rings. The lowest BCUT2D eigenvalue weighted by molar-refractivity contribution is 0.689. The van der Waals surface area contributed by atoms with Crippen molar-refractivity contribution in [2.45, 2.75) is 26.8 Å². The molecule has 1 aromatic heterocycles. The fraction of sp³-hybridized carbons (Fsp3) is 0.444. The highest BCUT2D eigenvalue weighted by molar-refractivity contribution is 5.08. The first-order valence-corrected chi connectivity index (χ1v) is 3.85. The van der Waals surface area contributed by atoms with Crippen molar-refractivity contribution in [1.29, 1.82) is 0 Å². The summed E-state index contributed by atoms with van der Waals surface area (Å²) in [4.78, 5) is 4.20. The van der Waals surface area contributed by atoms with Crippen LogP contribution in [0.15, 0.2) is 19.0 Å². The second-order valence-corrected chi connectivity index (χ2v) is 2.69. The normalized spacial score (nSPS) is 10.0. The molecule has 2 heteroatoms. The van der Waals surface area contributed by atoms with Gasteiger partial charge in [-0.05, 0) is 20.3 Å². The van der Waals surface area contributed by atoms with E-state index in [1.165, 1.54) is 5.69 Å². The van der Waals surface area contributed by atoms with E-state index < -0.39 is 0 Å². The third kappa shape index (κ3) is 1.70. The van der Waals surface area contributed by atoms with Gasteiger partial charge in [0.2, 0.25) is 0 Å². The van der Waals surface area contributed by atoms with E-state index in [1.54, 1.807) is 0 Å². The molecule has 0 aliphatic heterocycles. The van der Waals surface area contributed by atoms with Gasteiger partial charge in [0.1, 0.15) is 0 Å². The monoisotopic (exact) mass is 150 g/mol. The number of allylic oxidation sites excluding steroid dienone is 1. The Labute approximate surface area is 67.6 Å². The van der Waals surface area contributed by atoms with Gasteiger partial charge < -0.3 is 4.57 Å². The molecule has 1 heterocycles. The highest BCUT2D eigenvalue weighted by Crippen LogP contribution is 2.04. The molecule has 0 aromatic carbocycles. The van der Waals surface area contributed by atoms with E-state index in [-0.39, 0.29) is 0 Å². The lowest BCUT2D eigenvalue weighted by Gasteiger charge is -2.01. The molecule has 0 spiro atoms. The summed E-state index contributed by atoms with van der Waals surface area (Å²) in [7, 11) is 0. The SMILES string of the molecule is C=CCCn1cnc(C)c1C. The Balaban J connectivity index is 2.70. The fourth-order valence-corrected chi connectivity index (χ4v) is 1.000. The minimum Gasteiger partial charge on any atom is -0.334 e. The second-order valence-electron chi connectivity index (χ2n) is 2.69. The molecule has 11 heavy (non-hydrogen) atoms. The van der Waals surface area contributed by atoms with Gasteiger partial charge in [-0.25, -0.2) is 4.98 Å². The van der Waals surface area contributed by atoms with E-state index >= 15 is 0 Å². The number of rotatable bonds is 3. The quantitative estimate of drug-likeness (QED) is 0.603. The van der Waals surface area contributed by atoms with Gasteiger partial charge in [-0.2, -0.15) is 0 Å². The van der Waals surface area contributed by atoms with Gasteiger partial charge in [-0.15, -0.1) is 6.58 Å². The van der Waals surface area contributed by atoms with Crippen LogP contribution in [-0.2, 0) is 6.54 Å². The number of hydrogen-bond acceptors (Lipinski definition) is 1. The van der Waals surface area contributed by atoms with Crippen LogP contribution in [0, 0.1) is 13.8 Å². The Hall–Kier alpha value is -1.05. The molecule has 60 valence electrons. The highest BCUT2D eigenvalue weighted by atomic mass is 15.0. The number of aryl methyl sites for hydroxylation is 2. The summed E-state index contributed by atoms with van der Waals surface area (Å²) in [5.41, 5.74) is 2.38. The topological polar surface area (TPSA) is 17.8 Å². The maximum absolute atomic E-state index is 4.20. The largest absolute Gasteiger partial charge is 0.334 e. The summed E-state index contributed by atoms with van der Waals surface area (Å²) < 4.78 is 2.15. The van der Waals surface area contributed by atoms with Gasteiger partial charge in [0.15, 0.2) is 0 Å². The molecular formula is C9H14N2. The van der Waals surface area contributed by atoms with Crippen LogP contribution < -0.4 is 0 Å². The van der Waals surface area contributed by atoms with Crippen LogP contribution in [0.4, 0.5) is 0 Å². The van der Waals surface area contributed by atoms with Crippen molar-refractivity contribution in [1.82, 2.24) is 9.55 Å². The summed E-state index contributed by atoms with van der Waals surface area (Å²) in [5, 5.41) is 0. The van der Waals surface area contributed by atoms with Gasteiger partial charge in [-0.1, -0.05) is 6.08 Å². The predicted octanol–water partition coefficient (Wildman–Crippen LogP) is 2.08. The molecule has 0 N–H and O–H groups in total. The first-order chi connectivity index (χ1) is 5.25. The van der Waals surface area contributed by atoms with Crippen molar-refractivity contribution in [3.05, 3.63) is 30.4 Å². The lowest BCUT2D eigenvalue weighted by Crippen LogP contribution is -1.97. The zero-order valence-electron chi connectivity index (χ0n) is 7.17. The Morgan fingerprint density at radius 2 is 2.36 bits per heavy atom. The molecule has 0 aliphatic carbocycles. The van der Waals surface area contributed by atoms with Gasteiger partial charge in [0.25, 0.3) is 0 Å². The third-order valence-corrected chi connectivity index (χ3v) is 1.92. The summed E-state index contributed by atoms with van der Waals surface area (Å²) in [6.45, 7) is 8.79. The number of hydrogen-bond donors (Lipinski definition) is 0. The fourth-order valence-electron chi connectivity index (χ4n) is 1.000. The molecule has 1 rings (SSSR count). The lowest BCUT2D eigenvalue weighted by atomic mass is 10.3. The highest BCUT2D eigenvalue weighted by Gasteiger charge is 1.98. The first-order valence-electron chi connectivity index (χ1n) is 3.85. The summed E-state index contributed by atoms with van der Waals surface area (Å²) >= 11 is 0.